The number of hydrogen-bond acceptors (Lipinski definition) is 8. The molecule has 1 atom stereocenters. The second kappa shape index (κ2) is 13.9. The van der Waals surface area contributed by atoms with E-state index in [0.717, 1.165) is 22.1 Å². The summed E-state index contributed by atoms with van der Waals surface area (Å²) in [6.07, 6.45) is -1.11. The number of carbonyl (C=O) groups is 3. The van der Waals surface area contributed by atoms with Crippen molar-refractivity contribution in [3.63, 3.8) is 0 Å². The summed E-state index contributed by atoms with van der Waals surface area (Å²) < 4.78 is 44.8. The highest BCUT2D eigenvalue weighted by atomic mass is 19.3. The minimum absolute atomic E-state index is 0.195. The number of nitrogens with zero attached hydrogens (tertiary/aromatic N) is 3. The van der Waals surface area contributed by atoms with Crippen LogP contribution in [0.5, 0.6) is 5.75 Å². The number of ether oxygens (including phenoxy) is 3. The Morgan fingerprint density at radius 1 is 1.09 bits per heavy atom. The van der Waals surface area contributed by atoms with Crippen molar-refractivity contribution >= 4 is 34.6 Å². The van der Waals surface area contributed by atoms with Gasteiger partial charge in [0.05, 0.1) is 37.5 Å². The van der Waals surface area contributed by atoms with Crippen molar-refractivity contribution in [2.75, 3.05) is 45.7 Å². The van der Waals surface area contributed by atoms with Gasteiger partial charge in [0.2, 0.25) is 5.91 Å². The molecule has 1 amide bonds. The first-order valence-electron chi connectivity index (χ1n) is 14.9. The molecule has 0 radical (unpaired) electrons. The summed E-state index contributed by atoms with van der Waals surface area (Å²) in [5, 5.41) is 3.59. The van der Waals surface area contributed by atoms with E-state index in [1.165, 1.54) is 11.7 Å². The normalized spacial score (nSPS) is 16.2. The van der Waals surface area contributed by atoms with Crippen LogP contribution in [0.25, 0.3) is 10.9 Å². The first-order valence-corrected chi connectivity index (χ1v) is 14.9. The van der Waals surface area contributed by atoms with Crippen LogP contribution in [0, 0.1) is 6.92 Å². The van der Waals surface area contributed by atoms with Crippen LogP contribution in [0.3, 0.4) is 0 Å². The van der Waals surface area contributed by atoms with Crippen molar-refractivity contribution in [1.82, 2.24) is 14.4 Å². The number of benzene rings is 2. The molecule has 0 saturated carbocycles. The Morgan fingerprint density at radius 3 is 2.44 bits per heavy atom. The molecule has 1 aromatic heterocycles. The van der Waals surface area contributed by atoms with E-state index in [1.807, 2.05) is 39.8 Å². The molecule has 3 aromatic rings. The number of piperazine rings is 1. The van der Waals surface area contributed by atoms with Crippen molar-refractivity contribution in [1.29, 1.82) is 0 Å². The second-order valence-electron chi connectivity index (χ2n) is 12.1. The van der Waals surface area contributed by atoms with Gasteiger partial charge in [0.15, 0.2) is 0 Å². The van der Waals surface area contributed by atoms with Gasteiger partial charge in [0, 0.05) is 55.8 Å². The summed E-state index contributed by atoms with van der Waals surface area (Å²) in [5.74, 6) is -0.250. The molecular weight excluding hydrogens is 586 g/mol. The predicted molar refractivity (Wildman–Crippen MR) is 167 cm³/mol. The zero-order chi connectivity index (χ0) is 33.1. The number of rotatable bonds is 9. The lowest BCUT2D eigenvalue weighted by molar-refractivity contribution is -0.115. The number of aryl methyl sites for hydroxylation is 1. The van der Waals surface area contributed by atoms with Crippen molar-refractivity contribution in [2.24, 2.45) is 0 Å². The van der Waals surface area contributed by atoms with E-state index in [2.05, 4.69) is 10.2 Å². The highest BCUT2D eigenvalue weighted by Gasteiger charge is 2.32. The van der Waals surface area contributed by atoms with Gasteiger partial charge in [0.25, 0.3) is 6.43 Å². The van der Waals surface area contributed by atoms with Gasteiger partial charge in [-0.05, 0) is 63.1 Å². The molecule has 0 unspecified atom stereocenters. The Hall–Kier alpha value is -4.03. The Bertz CT molecular complexity index is 1560. The molecule has 1 aliphatic rings. The van der Waals surface area contributed by atoms with Crippen LogP contribution in [0.15, 0.2) is 36.5 Å². The number of aromatic nitrogens is 1. The van der Waals surface area contributed by atoms with Crippen molar-refractivity contribution in [2.45, 2.75) is 65.7 Å². The number of anilines is 1. The molecular formula is C33H42F2N4O6. The van der Waals surface area contributed by atoms with Crippen molar-refractivity contribution in [3.8, 4) is 5.75 Å². The topological polar surface area (TPSA) is 102 Å². The highest BCUT2D eigenvalue weighted by molar-refractivity contribution is 6.01. The number of amides is 1. The van der Waals surface area contributed by atoms with E-state index in [0.29, 0.717) is 43.1 Å². The maximum absolute atomic E-state index is 13.5. The minimum atomic E-state index is -2.50. The van der Waals surface area contributed by atoms with E-state index >= 15 is 0 Å². The Morgan fingerprint density at radius 2 is 1.82 bits per heavy atom. The number of hydrogen-bond donors (Lipinski definition) is 1. The number of halogens is 2. The van der Waals surface area contributed by atoms with Crippen LogP contribution in [0.1, 0.15) is 67.2 Å². The summed E-state index contributed by atoms with van der Waals surface area (Å²) in [6, 6.07) is 8.42. The zero-order valence-electron chi connectivity index (χ0n) is 26.9. The van der Waals surface area contributed by atoms with Gasteiger partial charge >= 0.3 is 12.1 Å². The number of fused-ring (bicyclic) bond motifs is 1. The lowest BCUT2D eigenvalue weighted by Gasteiger charge is -2.42. The van der Waals surface area contributed by atoms with Crippen LogP contribution in [0.4, 0.5) is 19.3 Å². The summed E-state index contributed by atoms with van der Waals surface area (Å²) >= 11 is 0. The lowest BCUT2D eigenvalue weighted by atomic mass is 9.97. The first-order chi connectivity index (χ1) is 21.3. The molecule has 45 heavy (non-hydrogen) atoms. The van der Waals surface area contributed by atoms with E-state index in [-0.39, 0.29) is 30.5 Å². The molecule has 2 heterocycles. The van der Waals surface area contributed by atoms with E-state index in [4.69, 9.17) is 14.2 Å². The molecule has 0 aliphatic carbocycles. The molecule has 0 bridgehead atoms. The molecule has 2 aromatic carbocycles. The third-order valence-electron chi connectivity index (χ3n) is 7.80. The third kappa shape index (κ3) is 7.80. The second-order valence-corrected chi connectivity index (χ2v) is 12.1. The smallest absolute Gasteiger partial charge is 0.419 e. The summed E-state index contributed by atoms with van der Waals surface area (Å²) in [4.78, 5) is 41.8. The summed E-state index contributed by atoms with van der Waals surface area (Å²) in [7, 11) is 2.85. The summed E-state index contributed by atoms with van der Waals surface area (Å²) in [6.45, 7) is 10.2. The number of methoxy groups -OCH3 is 2. The van der Waals surface area contributed by atoms with Gasteiger partial charge in [-0.25, -0.2) is 18.4 Å². The number of esters is 1. The number of nitrogens with one attached hydrogen (secondary N) is 1. The minimum Gasteiger partial charge on any atom is -0.496 e. The van der Waals surface area contributed by atoms with Crippen LogP contribution >= 0.6 is 0 Å². The van der Waals surface area contributed by atoms with Crippen molar-refractivity contribution < 1.29 is 37.4 Å². The Kier molecular flexibility index (Phi) is 10.5. The fraction of sp³-hybridized carbons (Fsp3) is 0.485. The lowest BCUT2D eigenvalue weighted by Crippen LogP contribution is -2.49. The molecule has 1 N–H and O–H groups in total. The molecule has 1 saturated heterocycles. The molecule has 12 heteroatoms. The van der Waals surface area contributed by atoms with Crippen LogP contribution in [-0.2, 0) is 20.8 Å². The predicted octanol–water partition coefficient (Wildman–Crippen LogP) is 6.00. The Balaban J connectivity index is 1.79. The van der Waals surface area contributed by atoms with Gasteiger partial charge in [-0.15, -0.1) is 0 Å². The van der Waals surface area contributed by atoms with Gasteiger partial charge in [0.1, 0.15) is 11.4 Å². The maximum Gasteiger partial charge on any atom is 0.419 e. The van der Waals surface area contributed by atoms with Gasteiger partial charge < -0.3 is 19.5 Å². The molecule has 10 nitrogen and oxygen atoms in total. The average Bonchev–Trinajstić information content (AvgIpc) is 3.44. The fourth-order valence-electron chi connectivity index (χ4n) is 5.72. The average molecular weight is 629 g/mol. The quantitative estimate of drug-likeness (QED) is 0.288. The van der Waals surface area contributed by atoms with Gasteiger partial charge in [-0.2, -0.15) is 0 Å². The fourth-order valence-corrected chi connectivity index (χ4v) is 5.72. The number of alkyl halides is 2. The van der Waals surface area contributed by atoms with E-state index < -0.39 is 24.1 Å². The number of carbonyl (C=O) groups excluding carboxylic acids is 3. The third-order valence-corrected chi connectivity index (χ3v) is 7.80. The summed E-state index contributed by atoms with van der Waals surface area (Å²) in [5.41, 5.74) is 2.90. The highest BCUT2D eigenvalue weighted by Crippen LogP contribution is 2.37. The van der Waals surface area contributed by atoms with Gasteiger partial charge in [-0.1, -0.05) is 13.0 Å². The maximum atomic E-state index is 13.5. The van der Waals surface area contributed by atoms with Crippen LogP contribution in [0.2, 0.25) is 0 Å². The van der Waals surface area contributed by atoms with Crippen LogP contribution in [-0.4, -0.2) is 84.8 Å². The molecule has 1 fully saturated rings. The molecule has 0 spiro atoms. The molecule has 4 rings (SSSR count). The van der Waals surface area contributed by atoms with Crippen molar-refractivity contribution in [3.05, 3.63) is 58.8 Å². The molecule has 1 aliphatic heterocycles. The zero-order valence-corrected chi connectivity index (χ0v) is 26.9. The molecule has 244 valence electrons. The SMILES string of the molecule is CCC(=O)Nc1cc([C@@H]2CN(CC(F)F)CCN2Cc2c(OC)cc(C)c3c2ccn3C(=O)OC(C)(C)C)ccc1C(=O)OC. The van der Waals surface area contributed by atoms with Gasteiger partial charge in [-0.3, -0.25) is 19.2 Å². The van der Waals surface area contributed by atoms with E-state index in [9.17, 15) is 23.2 Å². The Labute approximate surface area is 262 Å². The van der Waals surface area contributed by atoms with Crippen LogP contribution < -0.4 is 10.1 Å². The first kappa shape index (κ1) is 33.9. The standard InChI is InChI=1S/C33H42F2N4O6/c1-8-29(40)36-25-16-21(9-10-23(25)31(41)44-7)26-18-37(19-28(34)35)13-14-38(26)17-24-22-11-12-39(32(42)45-33(3,4)5)30(22)20(2)15-27(24)43-6/h9-12,15-16,26,28H,8,13-14,17-19H2,1-7H3,(H,36,40)/t26-/m0/s1. The van der Waals surface area contributed by atoms with E-state index in [1.54, 1.807) is 43.3 Å². The monoisotopic (exact) mass is 628 g/mol. The largest absolute Gasteiger partial charge is 0.496 e.